The van der Waals surface area contributed by atoms with Gasteiger partial charge in [-0.2, -0.15) is 0 Å². The topological polar surface area (TPSA) is 130 Å². The van der Waals surface area contributed by atoms with Gasteiger partial charge in [-0.1, -0.05) is 6.92 Å². The number of rotatable bonds is 8. The van der Waals surface area contributed by atoms with Gasteiger partial charge in [-0.15, -0.1) is 0 Å². The van der Waals surface area contributed by atoms with Gasteiger partial charge in [0, 0.05) is 19.2 Å². The number of aliphatic hydroxyl groups is 2. The molecule has 0 radical (unpaired) electrons. The van der Waals surface area contributed by atoms with Crippen molar-refractivity contribution in [1.82, 2.24) is 0 Å². The lowest BCUT2D eigenvalue weighted by molar-refractivity contribution is -0.393. The Morgan fingerprint density at radius 1 is 1.29 bits per heavy atom. The summed E-state index contributed by atoms with van der Waals surface area (Å²) in [7, 11) is 0. The van der Waals surface area contributed by atoms with Crippen LogP contribution < -0.4 is 4.90 Å². The minimum absolute atomic E-state index is 0.00297. The molecule has 0 bridgehead atoms. The molecule has 0 heterocycles. The van der Waals surface area contributed by atoms with Crippen molar-refractivity contribution in [2.75, 3.05) is 24.6 Å². The molecule has 0 spiro atoms. The Morgan fingerprint density at radius 3 is 2.43 bits per heavy atom. The minimum atomic E-state index is -1.05. The Hall–Kier alpha value is -2.26. The molecule has 9 heteroatoms. The standard InChI is InChI=1S/C12H17N3O6/c1-2-5-13(7-10(17)8-16)11-4-3-9(14(18)19)6-12(11)15(20)21/h3-4,6,10,16-17H,2,5,7-8H2,1H3. The molecule has 0 fully saturated rings. The van der Waals surface area contributed by atoms with Gasteiger partial charge in [0.15, 0.2) is 0 Å². The lowest BCUT2D eigenvalue weighted by atomic mass is 10.2. The monoisotopic (exact) mass is 299 g/mol. The first kappa shape index (κ1) is 16.8. The van der Waals surface area contributed by atoms with Gasteiger partial charge in [0.25, 0.3) is 11.4 Å². The van der Waals surface area contributed by atoms with Crippen molar-refractivity contribution in [2.24, 2.45) is 0 Å². The van der Waals surface area contributed by atoms with Crippen LogP contribution in [0, 0.1) is 20.2 Å². The van der Waals surface area contributed by atoms with Crippen LogP contribution in [0.2, 0.25) is 0 Å². The van der Waals surface area contributed by atoms with Crippen LogP contribution >= 0.6 is 0 Å². The lowest BCUT2D eigenvalue weighted by Crippen LogP contribution is -2.35. The highest BCUT2D eigenvalue weighted by Gasteiger charge is 2.24. The SMILES string of the molecule is CCCN(CC(O)CO)c1ccc([N+](=O)[O-])cc1[N+](=O)[O-]. The smallest absolute Gasteiger partial charge is 0.299 e. The minimum Gasteiger partial charge on any atom is -0.394 e. The van der Waals surface area contributed by atoms with Crippen LogP contribution in [0.25, 0.3) is 0 Å². The van der Waals surface area contributed by atoms with E-state index in [4.69, 9.17) is 5.11 Å². The van der Waals surface area contributed by atoms with Crippen LogP contribution in [-0.4, -0.2) is 45.9 Å². The molecule has 1 aromatic rings. The van der Waals surface area contributed by atoms with Gasteiger partial charge in [0.2, 0.25) is 0 Å². The molecule has 0 aliphatic heterocycles. The fourth-order valence-corrected chi connectivity index (χ4v) is 1.93. The van der Waals surface area contributed by atoms with Crippen LogP contribution in [0.4, 0.5) is 17.1 Å². The number of non-ortho nitro benzene ring substituents is 1. The van der Waals surface area contributed by atoms with Crippen molar-refractivity contribution in [2.45, 2.75) is 19.4 Å². The van der Waals surface area contributed by atoms with E-state index < -0.39 is 28.2 Å². The van der Waals surface area contributed by atoms with E-state index in [-0.39, 0.29) is 17.9 Å². The maximum atomic E-state index is 11.1. The first-order chi connectivity index (χ1) is 9.90. The summed E-state index contributed by atoms with van der Waals surface area (Å²) >= 11 is 0. The molecular formula is C12H17N3O6. The van der Waals surface area contributed by atoms with Gasteiger partial charge >= 0.3 is 0 Å². The van der Waals surface area contributed by atoms with E-state index in [1.165, 1.54) is 17.0 Å². The highest BCUT2D eigenvalue weighted by atomic mass is 16.6. The second-order valence-electron chi connectivity index (χ2n) is 4.47. The van der Waals surface area contributed by atoms with E-state index in [1.807, 2.05) is 6.92 Å². The first-order valence-corrected chi connectivity index (χ1v) is 6.37. The zero-order valence-corrected chi connectivity index (χ0v) is 11.5. The summed E-state index contributed by atoms with van der Waals surface area (Å²) in [6.07, 6.45) is -0.391. The second kappa shape index (κ2) is 7.50. The molecule has 1 rings (SSSR count). The Kier molecular flexibility index (Phi) is 6.00. The first-order valence-electron chi connectivity index (χ1n) is 6.37. The van der Waals surface area contributed by atoms with Crippen molar-refractivity contribution >= 4 is 17.1 Å². The molecule has 1 atom stereocenters. The quantitative estimate of drug-likeness (QED) is 0.542. The van der Waals surface area contributed by atoms with Gasteiger partial charge in [0.1, 0.15) is 5.69 Å². The van der Waals surface area contributed by atoms with E-state index >= 15 is 0 Å². The summed E-state index contributed by atoms with van der Waals surface area (Å²) in [5.74, 6) is 0. The molecule has 1 unspecified atom stereocenters. The molecule has 21 heavy (non-hydrogen) atoms. The van der Waals surface area contributed by atoms with Crippen molar-refractivity contribution in [3.63, 3.8) is 0 Å². The highest BCUT2D eigenvalue weighted by Crippen LogP contribution is 2.32. The molecule has 1 aromatic carbocycles. The van der Waals surface area contributed by atoms with E-state index in [1.54, 1.807) is 0 Å². The summed E-state index contributed by atoms with van der Waals surface area (Å²) in [5, 5.41) is 40.2. The van der Waals surface area contributed by atoms with Crippen LogP contribution in [0.15, 0.2) is 18.2 Å². The molecule has 2 N–H and O–H groups in total. The summed E-state index contributed by atoms with van der Waals surface area (Å²) in [4.78, 5) is 21.9. The zero-order valence-electron chi connectivity index (χ0n) is 11.5. The largest absolute Gasteiger partial charge is 0.394 e. The van der Waals surface area contributed by atoms with E-state index in [2.05, 4.69) is 0 Å². The van der Waals surface area contributed by atoms with Gasteiger partial charge in [-0.25, -0.2) is 0 Å². The van der Waals surface area contributed by atoms with Crippen LogP contribution in [0.1, 0.15) is 13.3 Å². The fraction of sp³-hybridized carbons (Fsp3) is 0.500. The number of nitro groups is 2. The number of anilines is 1. The van der Waals surface area contributed by atoms with E-state index in [0.717, 1.165) is 6.07 Å². The van der Waals surface area contributed by atoms with Crippen molar-refractivity contribution in [1.29, 1.82) is 0 Å². The Bertz CT molecular complexity index is 522. The molecule has 0 aliphatic carbocycles. The number of hydrogen-bond acceptors (Lipinski definition) is 7. The molecule has 0 aromatic heterocycles. The third-order valence-electron chi connectivity index (χ3n) is 2.84. The predicted molar refractivity (Wildman–Crippen MR) is 75.3 cm³/mol. The van der Waals surface area contributed by atoms with E-state index in [0.29, 0.717) is 13.0 Å². The third-order valence-corrected chi connectivity index (χ3v) is 2.84. The molecule has 9 nitrogen and oxygen atoms in total. The molecular weight excluding hydrogens is 282 g/mol. The van der Waals surface area contributed by atoms with Gasteiger partial charge < -0.3 is 15.1 Å². The molecule has 116 valence electrons. The van der Waals surface area contributed by atoms with Crippen LogP contribution in [0.5, 0.6) is 0 Å². The van der Waals surface area contributed by atoms with Crippen molar-refractivity contribution < 1.29 is 20.1 Å². The van der Waals surface area contributed by atoms with E-state index in [9.17, 15) is 25.3 Å². The average molecular weight is 299 g/mol. The summed E-state index contributed by atoms with van der Waals surface area (Å²) in [5.41, 5.74) is -0.590. The average Bonchev–Trinajstić information content (AvgIpc) is 2.45. The number of benzene rings is 1. The highest BCUT2D eigenvalue weighted by molar-refractivity contribution is 5.66. The number of hydrogen-bond donors (Lipinski definition) is 2. The van der Waals surface area contributed by atoms with Crippen LogP contribution in [0.3, 0.4) is 0 Å². The Morgan fingerprint density at radius 2 is 1.95 bits per heavy atom. The molecule has 0 amide bonds. The maximum absolute atomic E-state index is 11.1. The van der Waals surface area contributed by atoms with Gasteiger partial charge in [0.05, 0.1) is 28.6 Å². The van der Waals surface area contributed by atoms with Gasteiger partial charge in [-0.3, -0.25) is 20.2 Å². The second-order valence-corrected chi connectivity index (χ2v) is 4.47. The molecule has 0 saturated carbocycles. The van der Waals surface area contributed by atoms with Gasteiger partial charge in [-0.05, 0) is 12.5 Å². The fourth-order valence-electron chi connectivity index (χ4n) is 1.93. The van der Waals surface area contributed by atoms with Crippen LogP contribution in [-0.2, 0) is 0 Å². The summed E-state index contributed by atoms with van der Waals surface area (Å²) < 4.78 is 0. The van der Waals surface area contributed by atoms with Crippen molar-refractivity contribution in [3.05, 3.63) is 38.4 Å². The Labute approximate surface area is 120 Å². The number of nitro benzene ring substituents is 2. The maximum Gasteiger partial charge on any atom is 0.299 e. The number of nitrogens with zero attached hydrogens (tertiary/aromatic N) is 3. The number of aliphatic hydroxyl groups excluding tert-OH is 2. The zero-order chi connectivity index (χ0) is 16.0. The van der Waals surface area contributed by atoms with Crippen molar-refractivity contribution in [3.8, 4) is 0 Å². The normalized spacial score (nSPS) is 12.0. The summed E-state index contributed by atoms with van der Waals surface area (Å²) in [6.45, 7) is 1.80. The summed E-state index contributed by atoms with van der Waals surface area (Å²) in [6, 6.07) is 3.36. The third kappa shape index (κ3) is 4.36. The molecule has 0 aliphatic rings. The Balaban J connectivity index is 3.22. The lowest BCUT2D eigenvalue weighted by Gasteiger charge is -2.25. The predicted octanol–water partition coefficient (Wildman–Crippen LogP) is 1.07. The molecule has 0 saturated heterocycles.